The molecule has 0 atom stereocenters. The average Bonchev–Trinajstić information content (AvgIpc) is 2.29. The molecule has 0 heterocycles. The van der Waals surface area contributed by atoms with E-state index in [1.165, 1.54) is 11.8 Å². The van der Waals surface area contributed by atoms with Crippen molar-refractivity contribution in [3.8, 4) is 12.1 Å². The Bertz CT molecular complexity index is 443. The van der Waals surface area contributed by atoms with Gasteiger partial charge in [-0.05, 0) is 5.56 Å². The van der Waals surface area contributed by atoms with Crippen molar-refractivity contribution in [2.75, 3.05) is 5.75 Å². The molecule has 0 aliphatic rings. The molecule has 0 N–H and O–H groups in total. The summed E-state index contributed by atoms with van der Waals surface area (Å²) < 4.78 is 0.588. The molecule has 0 unspecified atom stereocenters. The molecule has 74 valence electrons. The fourth-order valence-corrected chi connectivity index (χ4v) is 1.90. The van der Waals surface area contributed by atoms with Crippen LogP contribution in [-0.2, 0) is 0 Å². The van der Waals surface area contributed by atoms with Crippen molar-refractivity contribution in [3.05, 3.63) is 40.1 Å². The second kappa shape index (κ2) is 8.75. The Morgan fingerprint density at radius 2 is 1.88 bits per heavy atom. The smallest absolute Gasteiger partial charge is 0.197 e. The number of nitriles is 2. The maximum atomic E-state index is 9.00. The van der Waals surface area contributed by atoms with Gasteiger partial charge in [-0.3, -0.25) is 0 Å². The number of thiol groups is 1. The third kappa shape index (κ3) is 4.65. The predicted molar refractivity (Wildman–Crippen MR) is 66.0 cm³/mol. The van der Waals surface area contributed by atoms with Gasteiger partial charge in [-0.2, -0.15) is 10.5 Å². The number of allylic oxidation sites excluding steroid dienone is 1. The topological polar surface area (TPSA) is 47.6 Å². The maximum Gasteiger partial charge on any atom is 1.00 e. The molecule has 0 spiro atoms. The zero-order valence-electron chi connectivity index (χ0n) is 8.84. The van der Waals surface area contributed by atoms with Crippen molar-refractivity contribution in [2.45, 2.75) is 0 Å². The fraction of sp³-hybridized carbons (Fsp3) is 0.0909. The summed E-state index contributed by atoms with van der Waals surface area (Å²) in [5.41, 5.74) is 1.34. The van der Waals surface area contributed by atoms with E-state index in [0.29, 0.717) is 15.6 Å². The van der Waals surface area contributed by atoms with Gasteiger partial charge in [-0.1, -0.05) is 30.3 Å². The van der Waals surface area contributed by atoms with Gasteiger partial charge in [0.2, 0.25) is 0 Å². The van der Waals surface area contributed by atoms with Gasteiger partial charge < -0.3 is 0 Å². The molecule has 1 aromatic rings. The van der Waals surface area contributed by atoms with Crippen LogP contribution in [0.1, 0.15) is 5.56 Å². The number of benzene rings is 1. The molecule has 0 saturated heterocycles. The summed E-state index contributed by atoms with van der Waals surface area (Å²) in [6.45, 7) is 0. The summed E-state index contributed by atoms with van der Waals surface area (Å²) in [7, 11) is 0. The molecule has 0 fully saturated rings. The first-order chi connectivity index (χ1) is 7.29. The molecule has 0 bridgehead atoms. The molecule has 2 nitrogen and oxygen atoms in total. The van der Waals surface area contributed by atoms with E-state index in [9.17, 15) is 0 Å². The molecule has 0 saturated carbocycles. The third-order valence-electron chi connectivity index (χ3n) is 1.66. The van der Waals surface area contributed by atoms with Crippen LogP contribution in [0.3, 0.4) is 0 Å². The first-order valence-corrected chi connectivity index (χ1v) is 5.61. The van der Waals surface area contributed by atoms with Crippen LogP contribution >= 0.6 is 24.4 Å². The van der Waals surface area contributed by atoms with Crippen molar-refractivity contribution in [3.63, 3.8) is 0 Å². The minimum absolute atomic E-state index is 0. The van der Waals surface area contributed by atoms with Gasteiger partial charge in [0.15, 0.2) is 0 Å². The molecular weight excluding hydrogens is 247 g/mol. The largest absolute Gasteiger partial charge is 1.00 e. The first kappa shape index (κ1) is 15.6. The Balaban J connectivity index is 0.00000225. The van der Waals surface area contributed by atoms with E-state index in [0.717, 1.165) is 5.56 Å². The van der Waals surface area contributed by atoms with Crippen LogP contribution in [0.2, 0.25) is 0 Å². The molecule has 0 aliphatic carbocycles. The van der Waals surface area contributed by atoms with E-state index in [1.54, 1.807) is 0 Å². The Hall–Kier alpha value is -0.360. The zero-order chi connectivity index (χ0) is 11.1. The number of nitrogens with zero attached hydrogens (tertiary/aromatic N) is 2. The van der Waals surface area contributed by atoms with Crippen LogP contribution in [-0.4, -0.2) is 5.75 Å². The van der Waals surface area contributed by atoms with Crippen LogP contribution < -0.4 is 29.6 Å². The molecule has 16 heavy (non-hydrogen) atoms. The molecule has 0 aromatic heterocycles. The molecule has 1 aromatic carbocycles. The fourth-order valence-electron chi connectivity index (χ4n) is 1.01. The Labute approximate surface area is 127 Å². The van der Waals surface area contributed by atoms with Crippen molar-refractivity contribution < 1.29 is 29.6 Å². The first-order valence-electron chi connectivity index (χ1n) is 4.18. The van der Waals surface area contributed by atoms with Gasteiger partial charge in [-0.15, -0.1) is 24.4 Å². The molecule has 0 amide bonds. The van der Waals surface area contributed by atoms with E-state index < -0.39 is 0 Å². The Kier molecular flexibility index (Phi) is 8.56. The van der Waals surface area contributed by atoms with E-state index in [4.69, 9.17) is 10.5 Å². The van der Waals surface area contributed by atoms with Crippen LogP contribution in [0, 0.1) is 22.7 Å². The van der Waals surface area contributed by atoms with Gasteiger partial charge in [0, 0.05) is 0 Å². The van der Waals surface area contributed by atoms with E-state index >= 15 is 0 Å². The maximum absolute atomic E-state index is 9.00. The summed E-state index contributed by atoms with van der Waals surface area (Å²) in [4.78, 5) is 0. The zero-order valence-corrected chi connectivity index (χ0v) is 12.6. The molecule has 0 aliphatic heterocycles. The number of hydrogen-bond acceptors (Lipinski definition) is 4. The van der Waals surface area contributed by atoms with E-state index in [2.05, 4.69) is 18.7 Å². The van der Waals surface area contributed by atoms with Crippen LogP contribution in [0.4, 0.5) is 0 Å². The number of thioether (sulfide) groups is 1. The summed E-state index contributed by atoms with van der Waals surface area (Å²) in [5.74, 6) is 0.302. The third-order valence-corrected chi connectivity index (χ3v) is 3.02. The molecule has 0 radical (unpaired) electrons. The van der Waals surface area contributed by atoms with Gasteiger partial charge in [0.1, 0.15) is 6.07 Å². The predicted octanol–water partition coefficient (Wildman–Crippen LogP) is 0.0694. The summed E-state index contributed by atoms with van der Waals surface area (Å²) in [6, 6.07) is 13.4. The molecule has 5 heteroatoms. The Morgan fingerprint density at radius 3 is 2.38 bits per heavy atom. The van der Waals surface area contributed by atoms with Crippen molar-refractivity contribution in [1.82, 2.24) is 0 Å². The van der Waals surface area contributed by atoms with E-state index in [-0.39, 0.29) is 29.6 Å². The minimum Gasteiger partial charge on any atom is -0.197 e. The minimum atomic E-state index is 0. The average molecular weight is 255 g/mol. The summed E-state index contributed by atoms with van der Waals surface area (Å²) in [5, 5.41) is 17.4. The number of hydrogen-bond donors (Lipinski definition) is 1. The van der Waals surface area contributed by atoms with Gasteiger partial charge in [0.05, 0.1) is 21.6 Å². The quantitative estimate of drug-likeness (QED) is 0.472. The molecular formula is C11H8N2NaS2+. The van der Waals surface area contributed by atoms with Gasteiger partial charge >= 0.3 is 29.6 Å². The van der Waals surface area contributed by atoms with Crippen molar-refractivity contribution >= 4 is 30.0 Å². The number of rotatable bonds is 3. The monoisotopic (exact) mass is 255 g/mol. The summed E-state index contributed by atoms with van der Waals surface area (Å²) in [6.07, 6.45) is 0. The van der Waals surface area contributed by atoms with Gasteiger partial charge in [-0.25, -0.2) is 0 Å². The Morgan fingerprint density at radius 1 is 1.25 bits per heavy atom. The van der Waals surface area contributed by atoms with Gasteiger partial charge in [0.25, 0.3) is 0 Å². The molecule has 1 rings (SSSR count). The van der Waals surface area contributed by atoms with Crippen LogP contribution in [0.15, 0.2) is 34.6 Å². The van der Waals surface area contributed by atoms with Crippen molar-refractivity contribution in [1.29, 1.82) is 10.5 Å². The van der Waals surface area contributed by atoms with E-state index in [1.807, 2.05) is 36.4 Å². The van der Waals surface area contributed by atoms with Crippen molar-refractivity contribution in [2.24, 2.45) is 0 Å². The van der Waals surface area contributed by atoms with Crippen LogP contribution in [0.5, 0.6) is 0 Å². The standard InChI is InChI=1S/C11H8N2S2.Na/c12-6-7-15-11(14)10(8-13)9-4-2-1-3-5-9;/h1-5,14H,7H2;/q;+1/b11-10+;. The SMILES string of the molecule is N#CCS/C(S)=C(\C#N)c1ccccc1.[Na+]. The normalized spacial score (nSPS) is 10.4. The second-order valence-electron chi connectivity index (χ2n) is 2.60. The summed E-state index contributed by atoms with van der Waals surface area (Å²) >= 11 is 5.48. The van der Waals surface area contributed by atoms with Crippen LogP contribution in [0.25, 0.3) is 5.57 Å². The second-order valence-corrected chi connectivity index (χ2v) is 4.34.